The maximum Gasteiger partial charge on any atom is 0.411 e. The largest absolute Gasteiger partial charge is 0.465 e. The summed E-state index contributed by atoms with van der Waals surface area (Å²) in [5.41, 5.74) is 2.11. The first-order valence-electron chi connectivity index (χ1n) is 14.0. The monoisotopic (exact) mass is 604 g/mol. The molecule has 0 saturated carbocycles. The van der Waals surface area contributed by atoms with Gasteiger partial charge in [0, 0.05) is 79.5 Å². The lowest BCUT2D eigenvalue weighted by molar-refractivity contribution is -0.117. The van der Waals surface area contributed by atoms with E-state index in [-0.39, 0.29) is 28.2 Å². The van der Waals surface area contributed by atoms with Gasteiger partial charge in [-0.1, -0.05) is 13.8 Å². The molecule has 0 radical (unpaired) electrons. The first-order valence-corrected chi connectivity index (χ1v) is 14.0. The smallest absolute Gasteiger partial charge is 0.411 e. The molecule has 1 aromatic carbocycles. The molecular formula is C30H30F2N8O4. The van der Waals surface area contributed by atoms with Crippen LogP contribution in [0, 0.1) is 24.0 Å². The molecule has 2 amide bonds. The summed E-state index contributed by atoms with van der Waals surface area (Å²) in [6.45, 7) is 8.41. The highest BCUT2D eigenvalue weighted by Crippen LogP contribution is 2.42. The molecule has 12 nitrogen and oxygen atoms in total. The van der Waals surface area contributed by atoms with Crippen molar-refractivity contribution in [3.63, 3.8) is 0 Å². The topological polar surface area (TPSA) is 146 Å². The number of carbonyl (C=O) groups excluding carboxylic acids is 1. The van der Waals surface area contributed by atoms with Crippen LogP contribution in [0.5, 0.6) is 0 Å². The standard InChI is InChI=1S/C30H30F2N8O4/c1-16-26(25-20(32)8-18(31)9-22(25)37-27(16)40-15-30(2,3)11-24(40)41)36-21-10-23(39-4-6-44-7-5-39)33-14-19(21)17-12-34-28(35-13-17)38-29(42)43/h8-10,12-14H,4-7,11,15H2,1-3H3,(H,42,43)(H,33,36,37)(H,34,35,38). The molecule has 3 aromatic heterocycles. The highest BCUT2D eigenvalue weighted by molar-refractivity contribution is 6.03. The Balaban J connectivity index is 1.52. The third-order valence-corrected chi connectivity index (χ3v) is 7.66. The molecular weight excluding hydrogens is 574 g/mol. The number of aromatic nitrogens is 4. The van der Waals surface area contributed by atoms with Gasteiger partial charge in [0.1, 0.15) is 23.3 Å². The van der Waals surface area contributed by atoms with Crippen molar-refractivity contribution in [2.45, 2.75) is 27.2 Å². The average molecular weight is 605 g/mol. The predicted molar refractivity (Wildman–Crippen MR) is 160 cm³/mol. The molecule has 6 rings (SSSR count). The number of nitrogens with zero attached hydrogens (tertiary/aromatic N) is 6. The Hall–Kier alpha value is -4.98. The third kappa shape index (κ3) is 5.67. The summed E-state index contributed by atoms with van der Waals surface area (Å²) in [6.07, 6.45) is 3.53. The zero-order valence-corrected chi connectivity index (χ0v) is 24.3. The number of anilines is 5. The zero-order valence-electron chi connectivity index (χ0n) is 24.3. The fourth-order valence-corrected chi connectivity index (χ4v) is 5.59. The number of carbonyl (C=O) groups is 2. The molecule has 2 saturated heterocycles. The van der Waals surface area contributed by atoms with Crippen LogP contribution < -0.4 is 20.4 Å². The maximum absolute atomic E-state index is 15.5. The summed E-state index contributed by atoms with van der Waals surface area (Å²) in [5, 5.41) is 14.5. The Kier molecular flexibility index (Phi) is 7.45. The average Bonchev–Trinajstić information content (AvgIpc) is 3.26. The molecule has 0 unspecified atom stereocenters. The van der Waals surface area contributed by atoms with E-state index in [0.29, 0.717) is 79.0 Å². The first kappa shape index (κ1) is 29.1. The van der Waals surface area contributed by atoms with Gasteiger partial charge in [0.25, 0.3) is 0 Å². The van der Waals surface area contributed by atoms with Gasteiger partial charge in [-0.15, -0.1) is 0 Å². The van der Waals surface area contributed by atoms with Crippen molar-refractivity contribution < 1.29 is 28.2 Å². The van der Waals surface area contributed by atoms with Gasteiger partial charge in [-0.2, -0.15) is 0 Å². The molecule has 0 spiro atoms. The molecule has 0 aliphatic carbocycles. The molecule has 0 bridgehead atoms. The Labute approximate surface area is 251 Å². The van der Waals surface area contributed by atoms with Crippen LogP contribution in [0.4, 0.5) is 42.5 Å². The van der Waals surface area contributed by atoms with Gasteiger partial charge in [-0.25, -0.2) is 33.5 Å². The molecule has 4 aromatic rings. The fourth-order valence-electron chi connectivity index (χ4n) is 5.59. The van der Waals surface area contributed by atoms with E-state index in [4.69, 9.17) is 9.84 Å². The van der Waals surface area contributed by atoms with Crippen LogP contribution in [0.2, 0.25) is 0 Å². The number of benzene rings is 1. The van der Waals surface area contributed by atoms with E-state index in [1.165, 1.54) is 12.4 Å². The minimum atomic E-state index is -1.30. The Morgan fingerprint density at radius 3 is 2.45 bits per heavy atom. The van der Waals surface area contributed by atoms with Crippen LogP contribution in [0.3, 0.4) is 0 Å². The number of halogens is 2. The summed E-state index contributed by atoms with van der Waals surface area (Å²) in [5.74, 6) is -0.867. The molecule has 228 valence electrons. The van der Waals surface area contributed by atoms with Crippen LogP contribution in [-0.4, -0.2) is 69.9 Å². The second kappa shape index (κ2) is 11.3. The predicted octanol–water partition coefficient (Wildman–Crippen LogP) is 5.11. The molecule has 5 heterocycles. The zero-order chi connectivity index (χ0) is 31.2. The highest BCUT2D eigenvalue weighted by Gasteiger charge is 2.38. The number of amides is 2. The van der Waals surface area contributed by atoms with Crippen molar-refractivity contribution in [3.05, 3.63) is 54.0 Å². The van der Waals surface area contributed by atoms with E-state index < -0.39 is 17.7 Å². The summed E-state index contributed by atoms with van der Waals surface area (Å²) in [7, 11) is 0. The molecule has 3 N–H and O–H groups in total. The van der Waals surface area contributed by atoms with Crippen molar-refractivity contribution >= 4 is 51.9 Å². The van der Waals surface area contributed by atoms with E-state index in [2.05, 4.69) is 35.5 Å². The van der Waals surface area contributed by atoms with E-state index in [0.717, 1.165) is 12.1 Å². The lowest BCUT2D eigenvalue weighted by Crippen LogP contribution is -2.36. The SMILES string of the molecule is Cc1c(N2CC(C)(C)CC2=O)nc2cc(F)cc(F)c2c1Nc1cc(N2CCOCC2)ncc1-c1cnc(NC(=O)O)nc1. The minimum absolute atomic E-state index is 0.0551. The fraction of sp³-hybridized carbons (Fsp3) is 0.333. The number of pyridine rings is 2. The summed E-state index contributed by atoms with van der Waals surface area (Å²) in [6, 6.07) is 3.75. The van der Waals surface area contributed by atoms with Crippen molar-refractivity contribution in [1.82, 2.24) is 19.9 Å². The van der Waals surface area contributed by atoms with E-state index in [1.54, 1.807) is 24.1 Å². The number of hydrogen-bond acceptors (Lipinski definition) is 9. The van der Waals surface area contributed by atoms with E-state index in [9.17, 15) is 14.0 Å². The molecule has 2 aliphatic rings. The maximum atomic E-state index is 15.5. The Morgan fingerprint density at radius 1 is 1.07 bits per heavy atom. The summed E-state index contributed by atoms with van der Waals surface area (Å²) in [4.78, 5) is 45.1. The van der Waals surface area contributed by atoms with Crippen LogP contribution in [0.15, 0.2) is 36.8 Å². The third-order valence-electron chi connectivity index (χ3n) is 7.66. The first-order chi connectivity index (χ1) is 21.0. The minimum Gasteiger partial charge on any atom is -0.465 e. The molecule has 2 aliphatic heterocycles. The molecule has 0 atom stereocenters. The lowest BCUT2D eigenvalue weighted by Gasteiger charge is -2.29. The Morgan fingerprint density at radius 2 is 1.80 bits per heavy atom. The van der Waals surface area contributed by atoms with E-state index >= 15 is 4.39 Å². The van der Waals surface area contributed by atoms with Crippen molar-refractivity contribution in [1.29, 1.82) is 0 Å². The van der Waals surface area contributed by atoms with Crippen LogP contribution in [0.25, 0.3) is 22.0 Å². The number of nitrogens with one attached hydrogen (secondary N) is 2. The number of rotatable bonds is 6. The number of morpholine rings is 1. The van der Waals surface area contributed by atoms with Crippen molar-refractivity contribution in [2.75, 3.05) is 53.3 Å². The van der Waals surface area contributed by atoms with Gasteiger partial charge in [0.05, 0.1) is 35.5 Å². The van der Waals surface area contributed by atoms with Gasteiger partial charge in [-0.3, -0.25) is 15.0 Å². The normalized spacial score (nSPS) is 16.4. The second-order valence-corrected chi connectivity index (χ2v) is 11.6. The molecule has 44 heavy (non-hydrogen) atoms. The number of carboxylic acid groups (broad SMARTS) is 1. The molecule has 14 heteroatoms. The number of fused-ring (bicyclic) bond motifs is 1. The summed E-state index contributed by atoms with van der Waals surface area (Å²) >= 11 is 0. The lowest BCUT2D eigenvalue weighted by atomic mass is 9.93. The van der Waals surface area contributed by atoms with E-state index in [1.807, 2.05) is 13.8 Å². The second-order valence-electron chi connectivity index (χ2n) is 11.6. The van der Waals surface area contributed by atoms with Gasteiger partial charge in [0.15, 0.2) is 0 Å². The highest BCUT2D eigenvalue weighted by atomic mass is 19.1. The molecule has 2 fully saturated rings. The van der Waals surface area contributed by atoms with Gasteiger partial charge in [-0.05, 0) is 12.3 Å². The number of hydrogen-bond donors (Lipinski definition) is 3. The Bertz CT molecular complexity index is 1780. The van der Waals surface area contributed by atoms with Gasteiger partial charge < -0.3 is 20.1 Å². The number of ether oxygens (including phenoxy) is 1. The van der Waals surface area contributed by atoms with Gasteiger partial charge >= 0.3 is 6.09 Å². The van der Waals surface area contributed by atoms with Crippen LogP contribution in [-0.2, 0) is 9.53 Å². The van der Waals surface area contributed by atoms with Crippen molar-refractivity contribution in [3.8, 4) is 11.1 Å². The van der Waals surface area contributed by atoms with Crippen LogP contribution in [0.1, 0.15) is 25.8 Å². The van der Waals surface area contributed by atoms with Crippen molar-refractivity contribution in [2.24, 2.45) is 5.41 Å². The summed E-state index contributed by atoms with van der Waals surface area (Å²) < 4.78 is 35.5. The van der Waals surface area contributed by atoms with Gasteiger partial charge in [0.2, 0.25) is 11.9 Å². The van der Waals surface area contributed by atoms with Crippen LogP contribution >= 0.6 is 0 Å². The quantitative estimate of drug-likeness (QED) is 0.272.